The van der Waals surface area contributed by atoms with Crippen molar-refractivity contribution in [2.45, 2.75) is 6.92 Å². The van der Waals surface area contributed by atoms with E-state index in [0.29, 0.717) is 5.56 Å². The van der Waals surface area contributed by atoms with Gasteiger partial charge in [-0.25, -0.2) is 5.43 Å². The van der Waals surface area contributed by atoms with Gasteiger partial charge in [-0.1, -0.05) is 29.8 Å². The molecule has 0 aliphatic carbocycles. The molecule has 0 atom stereocenters. The zero-order valence-electron chi connectivity index (χ0n) is 14.6. The van der Waals surface area contributed by atoms with E-state index in [2.05, 4.69) is 15.8 Å². The van der Waals surface area contributed by atoms with Crippen molar-refractivity contribution in [2.24, 2.45) is 5.10 Å². The predicted molar refractivity (Wildman–Crippen MR) is 100 cm³/mol. The Hall–Kier alpha value is -3.15. The highest BCUT2D eigenvalue weighted by Gasteiger charge is 2.07. The van der Waals surface area contributed by atoms with E-state index in [9.17, 15) is 9.59 Å². The Morgan fingerprint density at radius 3 is 2.48 bits per heavy atom. The average Bonchev–Trinajstić information content (AvgIpc) is 2.60. The summed E-state index contributed by atoms with van der Waals surface area (Å²) in [5, 5.41) is 6.46. The summed E-state index contributed by atoms with van der Waals surface area (Å²) >= 11 is 0. The van der Waals surface area contributed by atoms with Gasteiger partial charge in [-0.2, -0.15) is 5.10 Å². The monoisotopic (exact) mass is 338 g/mol. The van der Waals surface area contributed by atoms with E-state index in [1.807, 2.05) is 56.3 Å². The maximum Gasteiger partial charge on any atom is 0.259 e. The van der Waals surface area contributed by atoms with E-state index < -0.39 is 0 Å². The van der Waals surface area contributed by atoms with Gasteiger partial charge in [0.1, 0.15) is 0 Å². The van der Waals surface area contributed by atoms with E-state index in [1.54, 1.807) is 24.4 Å². The maximum atomic E-state index is 12.0. The summed E-state index contributed by atoms with van der Waals surface area (Å²) in [4.78, 5) is 25.7. The molecule has 2 N–H and O–H groups in total. The molecule has 2 rings (SSSR count). The van der Waals surface area contributed by atoms with Crippen LogP contribution in [0.4, 0.5) is 5.69 Å². The van der Waals surface area contributed by atoms with Gasteiger partial charge in [-0.05, 0) is 36.8 Å². The summed E-state index contributed by atoms with van der Waals surface area (Å²) < 4.78 is 0. The third-order valence-corrected chi connectivity index (χ3v) is 3.50. The number of nitrogens with one attached hydrogen (secondary N) is 2. The molecule has 6 heteroatoms. The summed E-state index contributed by atoms with van der Waals surface area (Å²) in [6.07, 6.45) is 1.56. The zero-order chi connectivity index (χ0) is 18.2. The van der Waals surface area contributed by atoms with Crippen molar-refractivity contribution in [1.29, 1.82) is 0 Å². The topological polar surface area (TPSA) is 73.8 Å². The number of hydrogen-bond acceptors (Lipinski definition) is 4. The average molecular weight is 338 g/mol. The van der Waals surface area contributed by atoms with Gasteiger partial charge in [0.15, 0.2) is 0 Å². The molecular formula is C19H22N4O2. The molecule has 2 aromatic carbocycles. The first kappa shape index (κ1) is 18.2. The zero-order valence-corrected chi connectivity index (χ0v) is 14.6. The van der Waals surface area contributed by atoms with E-state index in [4.69, 9.17) is 0 Å². The van der Waals surface area contributed by atoms with E-state index >= 15 is 0 Å². The molecule has 0 bridgehead atoms. The van der Waals surface area contributed by atoms with Crippen molar-refractivity contribution in [3.63, 3.8) is 0 Å². The van der Waals surface area contributed by atoms with Crippen molar-refractivity contribution >= 4 is 23.7 Å². The largest absolute Gasteiger partial charge is 0.378 e. The van der Waals surface area contributed by atoms with Gasteiger partial charge in [0, 0.05) is 25.3 Å². The van der Waals surface area contributed by atoms with Gasteiger partial charge in [0.05, 0.1) is 12.8 Å². The van der Waals surface area contributed by atoms with Crippen molar-refractivity contribution in [3.05, 3.63) is 65.2 Å². The number of anilines is 1. The standard InChI is InChI=1S/C19H22N4O2/c1-14-5-4-6-16(11-14)19(25)20-13-18(24)22-21-12-15-7-9-17(10-8-15)23(2)3/h4-12H,13H2,1-3H3,(H,20,25)(H,22,24)/b21-12-. The Bertz CT molecular complexity index is 767. The number of rotatable bonds is 6. The van der Waals surface area contributed by atoms with E-state index in [1.165, 1.54) is 0 Å². The summed E-state index contributed by atoms with van der Waals surface area (Å²) in [5.41, 5.74) is 5.86. The minimum Gasteiger partial charge on any atom is -0.378 e. The van der Waals surface area contributed by atoms with Crippen LogP contribution in [0.15, 0.2) is 53.6 Å². The number of carbonyl (C=O) groups is 2. The first-order valence-electron chi connectivity index (χ1n) is 7.90. The number of hydrogen-bond donors (Lipinski definition) is 2. The Balaban J connectivity index is 1.79. The van der Waals surface area contributed by atoms with Gasteiger partial charge in [0.2, 0.25) is 0 Å². The highest BCUT2D eigenvalue weighted by Crippen LogP contribution is 2.10. The van der Waals surface area contributed by atoms with Gasteiger partial charge < -0.3 is 10.2 Å². The molecule has 0 heterocycles. The quantitative estimate of drug-likeness (QED) is 0.624. The van der Waals surface area contributed by atoms with Crippen LogP contribution in [0.5, 0.6) is 0 Å². The second-order valence-corrected chi connectivity index (χ2v) is 5.83. The van der Waals surface area contributed by atoms with Crippen molar-refractivity contribution in [3.8, 4) is 0 Å². The number of carbonyl (C=O) groups excluding carboxylic acids is 2. The first-order valence-corrected chi connectivity index (χ1v) is 7.90. The fourth-order valence-corrected chi connectivity index (χ4v) is 2.13. The SMILES string of the molecule is Cc1cccc(C(=O)NCC(=O)N/N=C\c2ccc(N(C)C)cc2)c1. The lowest BCUT2D eigenvalue weighted by Gasteiger charge is -2.11. The molecule has 25 heavy (non-hydrogen) atoms. The van der Waals surface area contributed by atoms with Crippen LogP contribution >= 0.6 is 0 Å². The Morgan fingerprint density at radius 2 is 1.84 bits per heavy atom. The summed E-state index contributed by atoms with van der Waals surface area (Å²) in [6.45, 7) is 1.77. The maximum absolute atomic E-state index is 12.0. The fourth-order valence-electron chi connectivity index (χ4n) is 2.13. The number of aryl methyl sites for hydroxylation is 1. The third kappa shape index (κ3) is 5.76. The predicted octanol–water partition coefficient (Wildman–Crippen LogP) is 1.94. The highest BCUT2D eigenvalue weighted by molar-refractivity contribution is 5.96. The molecule has 0 aliphatic heterocycles. The lowest BCUT2D eigenvalue weighted by molar-refractivity contribution is -0.120. The summed E-state index contributed by atoms with van der Waals surface area (Å²) in [7, 11) is 3.93. The van der Waals surface area contributed by atoms with Crippen molar-refractivity contribution in [2.75, 3.05) is 25.5 Å². The van der Waals surface area contributed by atoms with E-state index in [0.717, 1.165) is 16.8 Å². The number of benzene rings is 2. The van der Waals surface area contributed by atoms with Gasteiger partial charge in [-0.15, -0.1) is 0 Å². The summed E-state index contributed by atoms with van der Waals surface area (Å²) in [5.74, 6) is -0.677. The Morgan fingerprint density at radius 1 is 1.12 bits per heavy atom. The number of hydrazone groups is 1. The molecular weight excluding hydrogens is 316 g/mol. The van der Waals surface area contributed by atoms with Gasteiger partial charge in [0.25, 0.3) is 11.8 Å². The molecule has 0 radical (unpaired) electrons. The van der Waals surface area contributed by atoms with Gasteiger partial charge in [-0.3, -0.25) is 9.59 Å². The van der Waals surface area contributed by atoms with Crippen LogP contribution in [0.2, 0.25) is 0 Å². The van der Waals surface area contributed by atoms with Crippen LogP contribution in [-0.2, 0) is 4.79 Å². The third-order valence-electron chi connectivity index (χ3n) is 3.50. The molecule has 0 unspecified atom stereocenters. The molecule has 6 nitrogen and oxygen atoms in total. The Kier molecular flexibility index (Phi) is 6.28. The first-order chi connectivity index (χ1) is 12.0. The molecule has 2 amide bonds. The Labute approximate surface area is 147 Å². The molecule has 0 saturated carbocycles. The van der Waals surface area contributed by atoms with Crippen LogP contribution in [0.1, 0.15) is 21.5 Å². The molecule has 2 aromatic rings. The van der Waals surface area contributed by atoms with Crippen LogP contribution in [0.25, 0.3) is 0 Å². The van der Waals surface area contributed by atoms with Crippen LogP contribution in [-0.4, -0.2) is 38.7 Å². The van der Waals surface area contributed by atoms with Gasteiger partial charge >= 0.3 is 0 Å². The smallest absolute Gasteiger partial charge is 0.259 e. The van der Waals surface area contributed by atoms with Crippen LogP contribution in [0.3, 0.4) is 0 Å². The minimum absolute atomic E-state index is 0.135. The fraction of sp³-hybridized carbons (Fsp3) is 0.211. The highest BCUT2D eigenvalue weighted by atomic mass is 16.2. The molecule has 130 valence electrons. The van der Waals surface area contributed by atoms with E-state index in [-0.39, 0.29) is 18.4 Å². The van der Waals surface area contributed by atoms with Crippen molar-refractivity contribution in [1.82, 2.24) is 10.7 Å². The molecule has 0 saturated heterocycles. The number of amides is 2. The van der Waals surface area contributed by atoms with Crippen LogP contribution in [0, 0.1) is 6.92 Å². The molecule has 0 spiro atoms. The minimum atomic E-state index is -0.387. The number of nitrogens with zero attached hydrogens (tertiary/aromatic N) is 2. The molecule has 0 fully saturated rings. The molecule has 0 aliphatic rings. The summed E-state index contributed by atoms with van der Waals surface area (Å²) in [6, 6.07) is 14.9. The lowest BCUT2D eigenvalue weighted by Crippen LogP contribution is -2.34. The second-order valence-electron chi connectivity index (χ2n) is 5.83. The van der Waals surface area contributed by atoms with Crippen molar-refractivity contribution < 1.29 is 9.59 Å². The second kappa shape index (κ2) is 8.63. The van der Waals surface area contributed by atoms with Crippen LogP contribution < -0.4 is 15.6 Å². The normalized spacial score (nSPS) is 10.5. The molecule has 0 aromatic heterocycles. The lowest BCUT2D eigenvalue weighted by atomic mass is 10.1.